The molecule has 140 valence electrons. The average Bonchev–Trinajstić information content (AvgIpc) is 2.95. The third-order valence-corrected chi connectivity index (χ3v) is 4.44. The number of nitrogens with zero attached hydrogens (tertiary/aromatic N) is 1. The summed E-state index contributed by atoms with van der Waals surface area (Å²) < 4.78 is 10.5. The molecule has 1 aliphatic rings. The molecule has 0 aromatic heterocycles. The Kier molecular flexibility index (Phi) is 5.54. The van der Waals surface area contributed by atoms with Gasteiger partial charge in [0.15, 0.2) is 12.4 Å². The molecule has 2 aromatic carbocycles. The summed E-state index contributed by atoms with van der Waals surface area (Å²) in [4.78, 5) is 37.3. The number of ether oxygens (including phenoxy) is 2. The average molecular weight is 367 g/mol. The SMILES string of the molecule is Cc1ccc(OCCC(=O)OCC(=O)c2ccc3c(c2)CC(=O)N3C)cc1. The summed E-state index contributed by atoms with van der Waals surface area (Å²) in [5.41, 5.74) is 3.18. The minimum Gasteiger partial charge on any atom is -0.493 e. The lowest BCUT2D eigenvalue weighted by Crippen LogP contribution is -2.20. The third kappa shape index (κ3) is 4.53. The largest absolute Gasteiger partial charge is 0.493 e. The van der Waals surface area contributed by atoms with Gasteiger partial charge in [-0.3, -0.25) is 14.4 Å². The molecule has 3 rings (SSSR count). The van der Waals surface area contributed by atoms with Crippen molar-refractivity contribution < 1.29 is 23.9 Å². The Hall–Kier alpha value is -3.15. The van der Waals surface area contributed by atoms with Crippen LogP contribution in [0.4, 0.5) is 5.69 Å². The number of carbonyl (C=O) groups excluding carboxylic acids is 3. The number of fused-ring (bicyclic) bond motifs is 1. The number of ketones is 1. The van der Waals surface area contributed by atoms with Crippen LogP contribution in [0.2, 0.25) is 0 Å². The van der Waals surface area contributed by atoms with E-state index >= 15 is 0 Å². The molecule has 0 radical (unpaired) electrons. The van der Waals surface area contributed by atoms with Crippen molar-refractivity contribution in [2.45, 2.75) is 19.8 Å². The van der Waals surface area contributed by atoms with E-state index in [1.807, 2.05) is 31.2 Å². The first-order valence-corrected chi connectivity index (χ1v) is 8.72. The van der Waals surface area contributed by atoms with E-state index in [-0.39, 0.29) is 37.7 Å². The van der Waals surface area contributed by atoms with Crippen LogP contribution in [0.3, 0.4) is 0 Å². The van der Waals surface area contributed by atoms with E-state index in [1.54, 1.807) is 30.1 Å². The van der Waals surface area contributed by atoms with Gasteiger partial charge >= 0.3 is 5.97 Å². The number of anilines is 1. The van der Waals surface area contributed by atoms with E-state index in [0.29, 0.717) is 11.3 Å². The van der Waals surface area contributed by atoms with Crippen LogP contribution in [-0.2, 0) is 20.7 Å². The van der Waals surface area contributed by atoms with Gasteiger partial charge in [-0.2, -0.15) is 0 Å². The normalized spacial score (nSPS) is 12.7. The molecule has 6 nitrogen and oxygen atoms in total. The van der Waals surface area contributed by atoms with Crippen LogP contribution in [0.15, 0.2) is 42.5 Å². The van der Waals surface area contributed by atoms with Crippen LogP contribution in [0.25, 0.3) is 0 Å². The molecule has 1 aliphatic heterocycles. The van der Waals surface area contributed by atoms with Gasteiger partial charge in [-0.1, -0.05) is 17.7 Å². The fraction of sp³-hybridized carbons (Fsp3) is 0.286. The summed E-state index contributed by atoms with van der Waals surface area (Å²) in [5, 5.41) is 0. The van der Waals surface area contributed by atoms with Crippen LogP contribution in [0, 0.1) is 6.92 Å². The number of esters is 1. The van der Waals surface area contributed by atoms with Gasteiger partial charge in [0.25, 0.3) is 0 Å². The summed E-state index contributed by atoms with van der Waals surface area (Å²) in [6.45, 7) is 1.84. The van der Waals surface area contributed by atoms with Crippen molar-refractivity contribution in [1.82, 2.24) is 0 Å². The maximum absolute atomic E-state index is 12.2. The van der Waals surface area contributed by atoms with Crippen LogP contribution >= 0.6 is 0 Å². The van der Waals surface area contributed by atoms with Crippen LogP contribution in [0.5, 0.6) is 5.75 Å². The summed E-state index contributed by atoms with van der Waals surface area (Å²) in [7, 11) is 1.70. The Morgan fingerprint density at radius 1 is 1.11 bits per heavy atom. The molecule has 0 saturated heterocycles. The number of benzene rings is 2. The zero-order valence-electron chi connectivity index (χ0n) is 15.4. The number of hydrogen-bond acceptors (Lipinski definition) is 5. The van der Waals surface area contributed by atoms with Crippen molar-refractivity contribution >= 4 is 23.3 Å². The molecule has 0 aliphatic carbocycles. The maximum Gasteiger partial charge on any atom is 0.309 e. The first kappa shape index (κ1) is 18.6. The number of amides is 1. The number of carbonyl (C=O) groups is 3. The monoisotopic (exact) mass is 367 g/mol. The predicted octanol–water partition coefficient (Wildman–Crippen LogP) is 2.71. The first-order valence-electron chi connectivity index (χ1n) is 8.72. The van der Waals surface area contributed by atoms with Crippen LogP contribution in [-0.4, -0.2) is 37.9 Å². The lowest BCUT2D eigenvalue weighted by atomic mass is 10.1. The van der Waals surface area contributed by atoms with Gasteiger partial charge in [-0.15, -0.1) is 0 Å². The lowest BCUT2D eigenvalue weighted by molar-refractivity contribution is -0.143. The highest BCUT2D eigenvalue weighted by atomic mass is 16.5. The highest BCUT2D eigenvalue weighted by Crippen LogP contribution is 2.28. The molecule has 1 heterocycles. The number of hydrogen-bond donors (Lipinski definition) is 0. The Bertz CT molecular complexity index is 873. The van der Waals surface area contributed by atoms with Gasteiger partial charge in [0.05, 0.1) is 19.4 Å². The summed E-state index contributed by atoms with van der Waals surface area (Å²) in [6.07, 6.45) is 0.341. The molecule has 0 spiro atoms. The summed E-state index contributed by atoms with van der Waals surface area (Å²) >= 11 is 0. The number of rotatable bonds is 7. The van der Waals surface area contributed by atoms with Gasteiger partial charge in [-0.25, -0.2) is 0 Å². The molecule has 27 heavy (non-hydrogen) atoms. The van der Waals surface area contributed by atoms with Crippen molar-refractivity contribution in [3.63, 3.8) is 0 Å². The van der Waals surface area contributed by atoms with E-state index in [1.165, 1.54) is 0 Å². The molecule has 0 saturated carbocycles. The molecule has 0 N–H and O–H groups in total. The second kappa shape index (κ2) is 8.03. The van der Waals surface area contributed by atoms with Crippen LogP contribution in [0.1, 0.15) is 27.9 Å². The molecule has 0 fully saturated rings. The number of likely N-dealkylation sites (N-methyl/N-ethyl adjacent to an activating group) is 1. The van der Waals surface area contributed by atoms with Gasteiger partial charge in [0, 0.05) is 18.3 Å². The number of aryl methyl sites for hydroxylation is 1. The second-order valence-electron chi connectivity index (χ2n) is 6.47. The minimum absolute atomic E-state index is 0.00500. The van der Waals surface area contributed by atoms with Crippen molar-refractivity contribution in [1.29, 1.82) is 0 Å². The summed E-state index contributed by atoms with van der Waals surface area (Å²) in [6, 6.07) is 12.6. The Morgan fingerprint density at radius 2 is 1.85 bits per heavy atom. The lowest BCUT2D eigenvalue weighted by Gasteiger charge is -2.10. The molecular weight excluding hydrogens is 346 g/mol. The first-order chi connectivity index (χ1) is 12.9. The predicted molar refractivity (Wildman–Crippen MR) is 100 cm³/mol. The standard InChI is InChI=1S/C21H21NO5/c1-14-3-6-17(7-4-14)26-10-9-21(25)27-13-19(23)15-5-8-18-16(11-15)12-20(24)22(18)2/h3-8,11H,9-10,12-13H2,1-2H3. The van der Waals surface area contributed by atoms with Crippen molar-refractivity contribution in [2.24, 2.45) is 0 Å². The fourth-order valence-electron chi connectivity index (χ4n) is 2.83. The fourth-order valence-corrected chi connectivity index (χ4v) is 2.83. The summed E-state index contributed by atoms with van der Waals surface area (Å²) in [5.74, 6) is -0.115. The van der Waals surface area contributed by atoms with Gasteiger partial charge < -0.3 is 14.4 Å². The molecule has 2 aromatic rings. The molecule has 0 atom stereocenters. The molecule has 0 unspecified atom stereocenters. The Morgan fingerprint density at radius 3 is 2.59 bits per heavy atom. The molecule has 0 bridgehead atoms. The maximum atomic E-state index is 12.2. The van der Waals surface area contributed by atoms with Crippen molar-refractivity contribution in [2.75, 3.05) is 25.2 Å². The molecular formula is C21H21NO5. The topological polar surface area (TPSA) is 72.9 Å². The highest BCUT2D eigenvalue weighted by Gasteiger charge is 2.24. The molecule has 6 heteroatoms. The third-order valence-electron chi connectivity index (χ3n) is 4.44. The minimum atomic E-state index is -0.494. The highest BCUT2D eigenvalue weighted by molar-refractivity contribution is 6.03. The van der Waals surface area contributed by atoms with E-state index in [9.17, 15) is 14.4 Å². The van der Waals surface area contributed by atoms with Gasteiger partial charge in [0.2, 0.25) is 5.91 Å². The second-order valence-corrected chi connectivity index (χ2v) is 6.47. The van der Waals surface area contributed by atoms with Crippen molar-refractivity contribution in [3.8, 4) is 5.75 Å². The zero-order chi connectivity index (χ0) is 19.4. The van der Waals surface area contributed by atoms with Gasteiger partial charge in [0.1, 0.15) is 5.75 Å². The Labute approximate surface area is 157 Å². The van der Waals surface area contributed by atoms with E-state index in [0.717, 1.165) is 16.8 Å². The van der Waals surface area contributed by atoms with Gasteiger partial charge in [-0.05, 0) is 42.8 Å². The quantitative estimate of drug-likeness (QED) is 0.556. The smallest absolute Gasteiger partial charge is 0.309 e. The number of Topliss-reactive ketones (excluding diaryl/α,β-unsaturated/α-hetero) is 1. The zero-order valence-corrected chi connectivity index (χ0v) is 15.4. The Balaban J connectivity index is 1.45. The van der Waals surface area contributed by atoms with E-state index < -0.39 is 5.97 Å². The van der Waals surface area contributed by atoms with Crippen LogP contribution < -0.4 is 9.64 Å². The van der Waals surface area contributed by atoms with E-state index in [2.05, 4.69) is 0 Å². The van der Waals surface area contributed by atoms with E-state index in [4.69, 9.17) is 9.47 Å². The molecule has 1 amide bonds. The van der Waals surface area contributed by atoms with Crippen molar-refractivity contribution in [3.05, 3.63) is 59.2 Å².